The van der Waals surface area contributed by atoms with Crippen molar-refractivity contribution in [2.45, 2.75) is 32.7 Å². The summed E-state index contributed by atoms with van der Waals surface area (Å²) in [6.45, 7) is 8.58. The second-order valence-corrected chi connectivity index (χ2v) is 8.02. The molecule has 7 heteroatoms. The van der Waals surface area contributed by atoms with Crippen LogP contribution in [-0.4, -0.2) is 70.7 Å². The molecule has 3 aliphatic heterocycles. The lowest BCUT2D eigenvalue weighted by molar-refractivity contribution is -0.136. The van der Waals surface area contributed by atoms with Crippen LogP contribution in [0.3, 0.4) is 0 Å². The number of nitrogens with one attached hydrogen (secondary N) is 1. The third-order valence-electron chi connectivity index (χ3n) is 6.22. The van der Waals surface area contributed by atoms with E-state index in [2.05, 4.69) is 33.3 Å². The first-order chi connectivity index (χ1) is 12.6. The van der Waals surface area contributed by atoms with Crippen LogP contribution < -0.4 is 5.32 Å². The molecule has 1 aromatic rings. The largest absolute Gasteiger partial charge is 0.355 e. The van der Waals surface area contributed by atoms with Gasteiger partial charge in [-0.25, -0.2) is 0 Å². The third kappa shape index (κ3) is 3.63. The number of amides is 2. The minimum absolute atomic E-state index is 0.0160. The minimum atomic E-state index is -0.0160. The zero-order valence-electron chi connectivity index (χ0n) is 15.6. The Morgan fingerprint density at radius 1 is 1.27 bits per heavy atom. The fourth-order valence-corrected chi connectivity index (χ4v) is 4.65. The summed E-state index contributed by atoms with van der Waals surface area (Å²) in [5.41, 5.74) is 1.31. The molecule has 0 bridgehead atoms. The van der Waals surface area contributed by atoms with E-state index in [1.165, 1.54) is 5.56 Å². The molecule has 1 N–H and O–H groups in total. The average molecular weight is 359 g/mol. The van der Waals surface area contributed by atoms with Gasteiger partial charge in [0.05, 0.1) is 12.1 Å². The fraction of sp³-hybridized carbons (Fsp3) is 0.737. The van der Waals surface area contributed by atoms with E-state index in [-0.39, 0.29) is 17.7 Å². The molecule has 26 heavy (non-hydrogen) atoms. The molecule has 3 atom stereocenters. The number of nitrogens with zero attached hydrogens (tertiary/aromatic N) is 4. The van der Waals surface area contributed by atoms with Gasteiger partial charge >= 0.3 is 0 Å². The Morgan fingerprint density at radius 3 is 2.65 bits per heavy atom. The quantitative estimate of drug-likeness (QED) is 0.824. The van der Waals surface area contributed by atoms with Crippen molar-refractivity contribution in [3.05, 3.63) is 18.0 Å². The van der Waals surface area contributed by atoms with Crippen LogP contribution in [0.2, 0.25) is 0 Å². The summed E-state index contributed by atoms with van der Waals surface area (Å²) in [5.74, 6) is 1.52. The summed E-state index contributed by atoms with van der Waals surface area (Å²) < 4.78 is 1.98. The first-order valence-electron chi connectivity index (χ1n) is 9.91. The van der Waals surface area contributed by atoms with Gasteiger partial charge in [-0.1, -0.05) is 0 Å². The zero-order chi connectivity index (χ0) is 18.1. The van der Waals surface area contributed by atoms with Gasteiger partial charge in [0.1, 0.15) is 0 Å². The maximum atomic E-state index is 12.7. The highest BCUT2D eigenvalue weighted by Crippen LogP contribution is 2.32. The third-order valence-corrected chi connectivity index (χ3v) is 6.22. The monoisotopic (exact) mass is 359 g/mol. The first kappa shape index (κ1) is 17.5. The number of rotatable bonds is 5. The molecular formula is C19H29N5O2. The van der Waals surface area contributed by atoms with E-state index in [1.54, 1.807) is 0 Å². The van der Waals surface area contributed by atoms with Crippen molar-refractivity contribution < 1.29 is 9.59 Å². The van der Waals surface area contributed by atoms with Crippen LogP contribution in [0.1, 0.15) is 25.3 Å². The Kier molecular flexibility index (Phi) is 4.98. The molecule has 1 aromatic heterocycles. The van der Waals surface area contributed by atoms with Crippen LogP contribution in [0, 0.1) is 17.8 Å². The van der Waals surface area contributed by atoms with Crippen LogP contribution in [0.15, 0.2) is 12.4 Å². The first-order valence-corrected chi connectivity index (χ1v) is 9.91. The van der Waals surface area contributed by atoms with Crippen LogP contribution >= 0.6 is 0 Å². The van der Waals surface area contributed by atoms with Gasteiger partial charge < -0.3 is 15.1 Å². The number of fused-ring (bicyclic) bond motifs is 1. The van der Waals surface area contributed by atoms with E-state index in [9.17, 15) is 9.59 Å². The summed E-state index contributed by atoms with van der Waals surface area (Å²) >= 11 is 0. The van der Waals surface area contributed by atoms with Gasteiger partial charge in [0, 0.05) is 58.4 Å². The summed E-state index contributed by atoms with van der Waals surface area (Å²) in [7, 11) is 0. The zero-order valence-corrected chi connectivity index (χ0v) is 15.6. The lowest BCUT2D eigenvalue weighted by atomic mass is 9.98. The molecule has 3 fully saturated rings. The van der Waals surface area contributed by atoms with E-state index >= 15 is 0 Å². The second-order valence-electron chi connectivity index (χ2n) is 8.02. The maximum Gasteiger partial charge on any atom is 0.227 e. The molecule has 0 saturated carbocycles. The van der Waals surface area contributed by atoms with Gasteiger partial charge in [-0.2, -0.15) is 5.10 Å². The molecule has 3 saturated heterocycles. The highest BCUT2D eigenvalue weighted by atomic mass is 16.2. The van der Waals surface area contributed by atoms with E-state index in [4.69, 9.17) is 0 Å². The molecule has 0 aliphatic carbocycles. The SMILES string of the molecule is CCn1cc(CCN2C[C@@H]3CN(C(=O)C4CCC(=O)NC4)C[C@@H]3C2)cn1. The average Bonchev–Trinajstić information content (AvgIpc) is 3.34. The van der Waals surface area contributed by atoms with Gasteiger partial charge in [0.25, 0.3) is 0 Å². The second kappa shape index (κ2) is 7.39. The number of hydrogen-bond donors (Lipinski definition) is 1. The molecule has 0 spiro atoms. The summed E-state index contributed by atoms with van der Waals surface area (Å²) in [6, 6.07) is 0. The maximum absolute atomic E-state index is 12.7. The molecule has 3 aliphatic rings. The molecule has 7 nitrogen and oxygen atoms in total. The summed E-state index contributed by atoms with van der Waals surface area (Å²) in [6.07, 6.45) is 6.35. The number of aromatic nitrogens is 2. The van der Waals surface area contributed by atoms with Gasteiger partial charge in [0.15, 0.2) is 0 Å². The Labute approximate surface area is 154 Å². The number of carbonyl (C=O) groups excluding carboxylic acids is 2. The van der Waals surface area contributed by atoms with E-state index in [0.29, 0.717) is 31.2 Å². The van der Waals surface area contributed by atoms with Crippen molar-refractivity contribution in [2.75, 3.05) is 39.3 Å². The van der Waals surface area contributed by atoms with Gasteiger partial charge in [-0.15, -0.1) is 0 Å². The number of carbonyl (C=O) groups is 2. The highest BCUT2D eigenvalue weighted by Gasteiger charge is 2.42. The summed E-state index contributed by atoms with van der Waals surface area (Å²) in [5, 5.41) is 7.17. The van der Waals surface area contributed by atoms with Crippen molar-refractivity contribution in [3.8, 4) is 0 Å². The molecule has 1 unspecified atom stereocenters. The van der Waals surface area contributed by atoms with E-state index in [0.717, 1.165) is 45.7 Å². The Morgan fingerprint density at radius 2 is 2.04 bits per heavy atom. The van der Waals surface area contributed by atoms with Crippen LogP contribution in [0.5, 0.6) is 0 Å². The standard InChI is InChI=1S/C19H29N5O2/c1-2-24-9-14(7-21-24)5-6-22-10-16-12-23(13-17(16)11-22)19(26)15-3-4-18(25)20-8-15/h7,9,15-17H,2-6,8,10-13H2,1H3,(H,20,25)/t15?,16-,17+. The number of aryl methyl sites for hydroxylation is 1. The van der Waals surface area contributed by atoms with Crippen LogP contribution in [0.25, 0.3) is 0 Å². The lowest BCUT2D eigenvalue weighted by Crippen LogP contribution is -2.45. The summed E-state index contributed by atoms with van der Waals surface area (Å²) in [4.78, 5) is 28.6. The Balaban J connectivity index is 1.23. The van der Waals surface area contributed by atoms with Gasteiger partial charge in [0.2, 0.25) is 11.8 Å². The Bertz CT molecular complexity index is 649. The highest BCUT2D eigenvalue weighted by molar-refractivity contribution is 5.84. The number of piperidine rings is 1. The van der Waals surface area contributed by atoms with E-state index in [1.807, 2.05) is 10.9 Å². The van der Waals surface area contributed by atoms with Crippen LogP contribution in [-0.2, 0) is 22.6 Å². The molecule has 0 radical (unpaired) electrons. The topological polar surface area (TPSA) is 70.5 Å². The van der Waals surface area contributed by atoms with Gasteiger partial charge in [-0.05, 0) is 37.2 Å². The van der Waals surface area contributed by atoms with Gasteiger partial charge in [-0.3, -0.25) is 14.3 Å². The Hall–Kier alpha value is -1.89. The lowest BCUT2D eigenvalue weighted by Gasteiger charge is -2.28. The number of likely N-dealkylation sites (tertiary alicyclic amines) is 2. The predicted octanol–water partition coefficient (Wildman–Crippen LogP) is 0.362. The van der Waals surface area contributed by atoms with Crippen LogP contribution in [0.4, 0.5) is 0 Å². The fourth-order valence-electron chi connectivity index (χ4n) is 4.65. The number of hydrogen-bond acceptors (Lipinski definition) is 4. The van der Waals surface area contributed by atoms with Crippen molar-refractivity contribution in [3.63, 3.8) is 0 Å². The normalized spacial score (nSPS) is 29.0. The molecule has 4 heterocycles. The molecule has 0 aromatic carbocycles. The molecule has 4 rings (SSSR count). The minimum Gasteiger partial charge on any atom is -0.355 e. The predicted molar refractivity (Wildman–Crippen MR) is 97.3 cm³/mol. The van der Waals surface area contributed by atoms with E-state index < -0.39 is 0 Å². The van der Waals surface area contributed by atoms with Crippen molar-refractivity contribution in [1.82, 2.24) is 24.9 Å². The van der Waals surface area contributed by atoms with Crippen molar-refractivity contribution in [2.24, 2.45) is 17.8 Å². The molecule has 2 amide bonds. The smallest absolute Gasteiger partial charge is 0.227 e. The molecular weight excluding hydrogens is 330 g/mol. The molecule has 142 valence electrons. The van der Waals surface area contributed by atoms with Crippen molar-refractivity contribution in [1.29, 1.82) is 0 Å². The van der Waals surface area contributed by atoms with Crippen molar-refractivity contribution >= 4 is 11.8 Å².